The van der Waals surface area contributed by atoms with Crippen LogP contribution in [0.5, 0.6) is 5.88 Å². The van der Waals surface area contributed by atoms with Crippen LogP contribution in [0.4, 0.5) is 0 Å². The van der Waals surface area contributed by atoms with E-state index in [1.165, 1.54) is 19.3 Å². The van der Waals surface area contributed by atoms with Crippen LogP contribution >= 0.6 is 0 Å². The molecule has 4 heteroatoms. The van der Waals surface area contributed by atoms with E-state index in [0.717, 1.165) is 24.4 Å². The van der Waals surface area contributed by atoms with E-state index in [9.17, 15) is 0 Å². The van der Waals surface area contributed by atoms with Gasteiger partial charge in [-0.05, 0) is 32.7 Å². The molecule has 1 fully saturated rings. The lowest BCUT2D eigenvalue weighted by atomic mass is 9.86. The van der Waals surface area contributed by atoms with Gasteiger partial charge in [-0.25, -0.2) is 4.98 Å². The maximum absolute atomic E-state index is 6.05. The summed E-state index contributed by atoms with van der Waals surface area (Å²) in [6.07, 6.45) is 5.82. The standard InChI is InChI=1S/C14H23N3O/c1-3-13-16-10(2)8-14(17-13)18-12-7-5-4-6-11(12)9-15/h8,11-12H,3-7,9,15H2,1-2H3. The van der Waals surface area contributed by atoms with Crippen molar-refractivity contribution in [2.24, 2.45) is 11.7 Å². The first-order chi connectivity index (χ1) is 8.72. The summed E-state index contributed by atoms with van der Waals surface area (Å²) in [6, 6.07) is 1.92. The molecule has 0 radical (unpaired) electrons. The lowest BCUT2D eigenvalue weighted by molar-refractivity contribution is 0.0918. The fraction of sp³-hybridized carbons (Fsp3) is 0.714. The third kappa shape index (κ3) is 3.19. The van der Waals surface area contributed by atoms with Crippen molar-refractivity contribution in [2.45, 2.75) is 52.1 Å². The molecule has 4 nitrogen and oxygen atoms in total. The monoisotopic (exact) mass is 249 g/mol. The quantitative estimate of drug-likeness (QED) is 0.889. The molecule has 0 bridgehead atoms. The number of nitrogens with two attached hydrogens (primary N) is 1. The van der Waals surface area contributed by atoms with E-state index in [1.807, 2.05) is 13.0 Å². The minimum absolute atomic E-state index is 0.225. The van der Waals surface area contributed by atoms with Gasteiger partial charge in [-0.15, -0.1) is 0 Å². The maximum atomic E-state index is 6.05. The van der Waals surface area contributed by atoms with Gasteiger partial charge >= 0.3 is 0 Å². The lowest BCUT2D eigenvalue weighted by Gasteiger charge is -2.30. The minimum Gasteiger partial charge on any atom is -0.474 e. The number of nitrogens with zero attached hydrogens (tertiary/aromatic N) is 2. The molecule has 2 N–H and O–H groups in total. The van der Waals surface area contributed by atoms with Crippen LogP contribution in [0.15, 0.2) is 6.07 Å². The topological polar surface area (TPSA) is 61.0 Å². The summed E-state index contributed by atoms with van der Waals surface area (Å²) in [5.74, 6) is 2.04. The smallest absolute Gasteiger partial charge is 0.217 e. The first-order valence-corrected chi connectivity index (χ1v) is 6.94. The van der Waals surface area contributed by atoms with Gasteiger partial charge in [0.05, 0.1) is 0 Å². The van der Waals surface area contributed by atoms with E-state index >= 15 is 0 Å². The lowest BCUT2D eigenvalue weighted by Crippen LogP contribution is -2.35. The Morgan fingerprint density at radius 2 is 2.11 bits per heavy atom. The van der Waals surface area contributed by atoms with E-state index in [2.05, 4.69) is 16.9 Å². The number of ether oxygens (including phenoxy) is 1. The Bertz CT molecular complexity index is 395. The van der Waals surface area contributed by atoms with Crippen LogP contribution in [-0.4, -0.2) is 22.6 Å². The van der Waals surface area contributed by atoms with Crippen LogP contribution in [0, 0.1) is 12.8 Å². The third-order valence-electron chi connectivity index (χ3n) is 3.61. The Morgan fingerprint density at radius 3 is 2.83 bits per heavy atom. The average Bonchev–Trinajstić information content (AvgIpc) is 2.38. The van der Waals surface area contributed by atoms with Gasteiger partial charge in [-0.3, -0.25) is 0 Å². The Kier molecular flexibility index (Phi) is 4.53. The van der Waals surface area contributed by atoms with E-state index in [0.29, 0.717) is 18.3 Å². The number of rotatable bonds is 4. The molecule has 1 aliphatic carbocycles. The Labute approximate surface area is 109 Å². The van der Waals surface area contributed by atoms with E-state index < -0.39 is 0 Å². The van der Waals surface area contributed by atoms with Crippen LogP contribution in [0.2, 0.25) is 0 Å². The minimum atomic E-state index is 0.225. The van der Waals surface area contributed by atoms with Gasteiger partial charge in [0.15, 0.2) is 0 Å². The molecule has 100 valence electrons. The number of aryl methyl sites for hydroxylation is 2. The first-order valence-electron chi connectivity index (χ1n) is 6.94. The molecule has 0 spiro atoms. The third-order valence-corrected chi connectivity index (χ3v) is 3.61. The van der Waals surface area contributed by atoms with E-state index in [-0.39, 0.29) is 6.10 Å². The summed E-state index contributed by atoms with van der Waals surface area (Å²) in [7, 11) is 0. The Morgan fingerprint density at radius 1 is 1.33 bits per heavy atom. The van der Waals surface area contributed by atoms with Gasteiger partial charge < -0.3 is 10.5 Å². The number of hydrogen-bond acceptors (Lipinski definition) is 4. The molecule has 1 aliphatic rings. The molecule has 2 rings (SSSR count). The largest absolute Gasteiger partial charge is 0.474 e. The molecule has 0 aromatic carbocycles. The van der Waals surface area contributed by atoms with Crippen molar-refractivity contribution >= 4 is 0 Å². The van der Waals surface area contributed by atoms with Crippen LogP contribution in [0.3, 0.4) is 0 Å². The van der Waals surface area contributed by atoms with Gasteiger partial charge in [0.2, 0.25) is 5.88 Å². The fourth-order valence-electron chi connectivity index (χ4n) is 2.57. The van der Waals surface area contributed by atoms with Gasteiger partial charge in [0, 0.05) is 24.1 Å². The van der Waals surface area contributed by atoms with Crippen molar-refractivity contribution < 1.29 is 4.74 Å². The molecule has 1 aromatic rings. The summed E-state index contributed by atoms with van der Waals surface area (Å²) >= 11 is 0. The molecule has 2 unspecified atom stereocenters. The van der Waals surface area contributed by atoms with Gasteiger partial charge in [0.25, 0.3) is 0 Å². The van der Waals surface area contributed by atoms with Gasteiger partial charge in [-0.1, -0.05) is 13.3 Å². The molecule has 0 amide bonds. The summed E-state index contributed by atoms with van der Waals surface area (Å²) in [5, 5.41) is 0. The van der Waals surface area contributed by atoms with Crippen molar-refractivity contribution in [1.82, 2.24) is 9.97 Å². The highest BCUT2D eigenvalue weighted by Gasteiger charge is 2.26. The molecular weight excluding hydrogens is 226 g/mol. The van der Waals surface area contributed by atoms with Crippen LogP contribution in [0.1, 0.15) is 44.1 Å². The van der Waals surface area contributed by atoms with Crippen LogP contribution in [-0.2, 0) is 6.42 Å². The molecular formula is C14H23N3O. The predicted octanol–water partition coefficient (Wildman–Crippen LogP) is 2.24. The van der Waals surface area contributed by atoms with E-state index in [1.54, 1.807) is 0 Å². The predicted molar refractivity (Wildman–Crippen MR) is 71.6 cm³/mol. The van der Waals surface area contributed by atoms with Crippen molar-refractivity contribution in [2.75, 3.05) is 6.54 Å². The zero-order valence-corrected chi connectivity index (χ0v) is 11.4. The summed E-state index contributed by atoms with van der Waals surface area (Å²) < 4.78 is 6.05. The fourth-order valence-corrected chi connectivity index (χ4v) is 2.57. The normalized spacial score (nSPS) is 23.9. The average molecular weight is 249 g/mol. The van der Waals surface area contributed by atoms with Crippen LogP contribution < -0.4 is 10.5 Å². The highest BCUT2D eigenvalue weighted by atomic mass is 16.5. The molecule has 1 saturated carbocycles. The molecule has 18 heavy (non-hydrogen) atoms. The molecule has 1 aromatic heterocycles. The first kappa shape index (κ1) is 13.3. The van der Waals surface area contributed by atoms with Crippen LogP contribution in [0.25, 0.3) is 0 Å². The summed E-state index contributed by atoms with van der Waals surface area (Å²) in [5.41, 5.74) is 6.79. The highest BCUT2D eigenvalue weighted by molar-refractivity contribution is 5.16. The van der Waals surface area contributed by atoms with Crippen molar-refractivity contribution in [3.63, 3.8) is 0 Å². The van der Waals surface area contributed by atoms with Crippen molar-refractivity contribution in [3.05, 3.63) is 17.6 Å². The number of hydrogen-bond donors (Lipinski definition) is 1. The molecule has 0 aliphatic heterocycles. The van der Waals surface area contributed by atoms with E-state index in [4.69, 9.17) is 10.5 Å². The van der Waals surface area contributed by atoms with Gasteiger partial charge in [-0.2, -0.15) is 4.98 Å². The molecule has 1 heterocycles. The highest BCUT2D eigenvalue weighted by Crippen LogP contribution is 2.27. The van der Waals surface area contributed by atoms with Crippen molar-refractivity contribution in [1.29, 1.82) is 0 Å². The SMILES string of the molecule is CCc1nc(C)cc(OC2CCCCC2CN)n1. The Hall–Kier alpha value is -1.16. The molecule has 0 saturated heterocycles. The summed E-state index contributed by atoms with van der Waals surface area (Å²) in [6.45, 7) is 4.74. The second-order valence-electron chi connectivity index (χ2n) is 5.05. The maximum Gasteiger partial charge on any atom is 0.217 e. The second kappa shape index (κ2) is 6.14. The molecule has 2 atom stereocenters. The van der Waals surface area contributed by atoms with Gasteiger partial charge in [0.1, 0.15) is 11.9 Å². The summed E-state index contributed by atoms with van der Waals surface area (Å²) in [4.78, 5) is 8.81. The second-order valence-corrected chi connectivity index (χ2v) is 5.05. The Balaban J connectivity index is 2.09. The zero-order valence-electron chi connectivity index (χ0n) is 11.4. The number of aromatic nitrogens is 2. The zero-order chi connectivity index (χ0) is 13.0. The van der Waals surface area contributed by atoms with Crippen molar-refractivity contribution in [3.8, 4) is 5.88 Å².